The van der Waals surface area contributed by atoms with Crippen LogP contribution in [0.4, 0.5) is 5.69 Å². The lowest BCUT2D eigenvalue weighted by molar-refractivity contribution is 0.304. The summed E-state index contributed by atoms with van der Waals surface area (Å²) in [6.07, 6.45) is 5.15. The third-order valence-corrected chi connectivity index (χ3v) is 5.30. The Morgan fingerprint density at radius 2 is 1.76 bits per heavy atom. The molecule has 0 fully saturated rings. The maximum atomic E-state index is 9.03. The number of anilines is 1. The van der Waals surface area contributed by atoms with Crippen molar-refractivity contribution in [3.05, 3.63) is 64.7 Å². The number of aliphatic hydroxyl groups is 1. The molecule has 0 aliphatic heterocycles. The summed E-state index contributed by atoms with van der Waals surface area (Å²) in [6, 6.07) is 15.9. The highest BCUT2D eigenvalue weighted by Gasteiger charge is 2.12. The van der Waals surface area contributed by atoms with E-state index in [0.717, 1.165) is 12.2 Å². The van der Waals surface area contributed by atoms with Crippen LogP contribution in [0.5, 0.6) is 0 Å². The number of likely N-dealkylation sites (N-methyl/N-ethyl adjacent to an activating group) is 1. The van der Waals surface area contributed by atoms with Crippen LogP contribution >= 0.6 is 0 Å². The molecule has 25 heavy (non-hydrogen) atoms. The van der Waals surface area contributed by atoms with Crippen molar-refractivity contribution in [2.24, 2.45) is 0 Å². The zero-order valence-corrected chi connectivity index (χ0v) is 15.5. The van der Waals surface area contributed by atoms with E-state index in [1.165, 1.54) is 36.8 Å². The van der Waals surface area contributed by atoms with E-state index < -0.39 is 0 Å². The number of nitrogens with one attached hydrogen (secondary N) is 1. The lowest BCUT2D eigenvalue weighted by Crippen LogP contribution is -2.21. The largest absolute Gasteiger partial charge is 0.395 e. The molecule has 2 N–H and O–H groups in total. The van der Waals surface area contributed by atoms with E-state index in [9.17, 15) is 0 Å². The first-order valence-corrected chi connectivity index (χ1v) is 9.43. The average Bonchev–Trinajstić information content (AvgIpc) is 2.66. The molecular formula is C22H30N2O. The molecule has 0 bridgehead atoms. The number of nitrogens with zero attached hydrogens (tertiary/aromatic N) is 1. The zero-order valence-electron chi connectivity index (χ0n) is 15.5. The van der Waals surface area contributed by atoms with Crippen LogP contribution in [0, 0.1) is 0 Å². The van der Waals surface area contributed by atoms with Gasteiger partial charge in [-0.3, -0.25) is 0 Å². The molecule has 2 aromatic carbocycles. The Kier molecular flexibility index (Phi) is 6.11. The Hall–Kier alpha value is -1.84. The number of fused-ring (bicyclic) bond motifs is 1. The number of rotatable bonds is 7. The van der Waals surface area contributed by atoms with Gasteiger partial charge in [-0.05, 0) is 67.0 Å². The second kappa shape index (κ2) is 8.50. The van der Waals surface area contributed by atoms with Gasteiger partial charge >= 0.3 is 0 Å². The normalized spacial score (nSPS) is 14.8. The van der Waals surface area contributed by atoms with E-state index in [2.05, 4.69) is 59.6 Å². The van der Waals surface area contributed by atoms with Crippen molar-refractivity contribution in [3.8, 4) is 0 Å². The molecule has 1 aliphatic carbocycles. The number of hydrogen-bond acceptors (Lipinski definition) is 3. The molecule has 134 valence electrons. The van der Waals surface area contributed by atoms with Gasteiger partial charge < -0.3 is 15.3 Å². The van der Waals surface area contributed by atoms with Crippen LogP contribution in [-0.2, 0) is 19.4 Å². The van der Waals surface area contributed by atoms with Crippen LogP contribution in [0.25, 0.3) is 0 Å². The van der Waals surface area contributed by atoms with Gasteiger partial charge in [0.15, 0.2) is 0 Å². The van der Waals surface area contributed by atoms with Gasteiger partial charge in [0.05, 0.1) is 6.61 Å². The van der Waals surface area contributed by atoms with Crippen LogP contribution in [0.1, 0.15) is 48.1 Å². The maximum absolute atomic E-state index is 9.03. The summed E-state index contributed by atoms with van der Waals surface area (Å²) in [5.41, 5.74) is 6.91. The first-order valence-electron chi connectivity index (χ1n) is 9.43. The molecule has 2 aromatic rings. The van der Waals surface area contributed by atoms with Crippen LogP contribution in [-0.4, -0.2) is 25.3 Å². The highest BCUT2D eigenvalue weighted by atomic mass is 16.3. The summed E-state index contributed by atoms with van der Waals surface area (Å²) < 4.78 is 0. The fourth-order valence-electron chi connectivity index (χ4n) is 3.56. The maximum Gasteiger partial charge on any atom is 0.0606 e. The lowest BCUT2D eigenvalue weighted by Gasteiger charge is -2.21. The monoisotopic (exact) mass is 338 g/mol. The standard InChI is InChI=1S/C22H30N2O/c1-17(20-10-9-19-5-3-4-6-21(19)15-20)23-16-18-7-11-22(12-8-18)24(2)13-14-25/h7-12,15,17,23,25H,3-6,13-14,16H2,1-2H3/t17-/m1/s1. The van der Waals surface area contributed by atoms with Crippen LogP contribution < -0.4 is 10.2 Å². The molecule has 1 aliphatic rings. The van der Waals surface area contributed by atoms with Crippen molar-refractivity contribution >= 4 is 5.69 Å². The van der Waals surface area contributed by atoms with Gasteiger partial charge in [0.1, 0.15) is 0 Å². The second-order valence-corrected chi connectivity index (χ2v) is 7.15. The zero-order chi connectivity index (χ0) is 17.6. The summed E-state index contributed by atoms with van der Waals surface area (Å²) >= 11 is 0. The Balaban J connectivity index is 1.57. The van der Waals surface area contributed by atoms with Gasteiger partial charge in [0.2, 0.25) is 0 Å². The third kappa shape index (κ3) is 4.62. The van der Waals surface area contributed by atoms with Crippen LogP contribution in [0.3, 0.4) is 0 Å². The SMILES string of the molecule is C[C@@H](NCc1ccc(N(C)CCO)cc1)c1ccc2c(c1)CCCC2. The van der Waals surface area contributed by atoms with Gasteiger partial charge in [0, 0.05) is 31.9 Å². The Morgan fingerprint density at radius 1 is 1.04 bits per heavy atom. The van der Waals surface area contributed by atoms with Gasteiger partial charge in [-0.2, -0.15) is 0 Å². The minimum absolute atomic E-state index is 0.179. The molecule has 0 aromatic heterocycles. The number of aliphatic hydroxyl groups excluding tert-OH is 1. The smallest absolute Gasteiger partial charge is 0.0606 e. The van der Waals surface area contributed by atoms with Crippen LogP contribution in [0.15, 0.2) is 42.5 Å². The number of aryl methyl sites for hydroxylation is 2. The first-order chi connectivity index (χ1) is 12.2. The summed E-state index contributed by atoms with van der Waals surface area (Å²) in [5.74, 6) is 0. The highest BCUT2D eigenvalue weighted by molar-refractivity contribution is 5.46. The minimum Gasteiger partial charge on any atom is -0.395 e. The van der Waals surface area contributed by atoms with E-state index in [1.807, 2.05) is 7.05 Å². The molecule has 3 heteroatoms. The Morgan fingerprint density at radius 3 is 2.48 bits per heavy atom. The molecule has 3 nitrogen and oxygen atoms in total. The fraction of sp³-hybridized carbons (Fsp3) is 0.455. The Labute approximate surface area is 151 Å². The van der Waals surface area contributed by atoms with Crippen molar-refractivity contribution in [1.82, 2.24) is 5.32 Å². The lowest BCUT2D eigenvalue weighted by atomic mass is 9.89. The topological polar surface area (TPSA) is 35.5 Å². The molecular weight excluding hydrogens is 308 g/mol. The predicted octanol–water partition coefficient (Wildman–Crippen LogP) is 3.84. The summed E-state index contributed by atoms with van der Waals surface area (Å²) in [7, 11) is 2.00. The van der Waals surface area contributed by atoms with E-state index in [0.29, 0.717) is 12.6 Å². The first kappa shape index (κ1) is 18.0. The minimum atomic E-state index is 0.179. The van der Waals surface area contributed by atoms with Crippen molar-refractivity contribution in [2.75, 3.05) is 25.1 Å². The molecule has 1 atom stereocenters. The molecule has 0 spiro atoms. The fourth-order valence-corrected chi connectivity index (χ4v) is 3.56. The third-order valence-electron chi connectivity index (χ3n) is 5.30. The predicted molar refractivity (Wildman–Crippen MR) is 105 cm³/mol. The van der Waals surface area contributed by atoms with E-state index >= 15 is 0 Å². The van der Waals surface area contributed by atoms with Crippen LogP contribution in [0.2, 0.25) is 0 Å². The van der Waals surface area contributed by atoms with Crippen molar-refractivity contribution in [3.63, 3.8) is 0 Å². The van der Waals surface area contributed by atoms with Crippen molar-refractivity contribution in [2.45, 2.75) is 45.2 Å². The average molecular weight is 338 g/mol. The Bertz CT molecular complexity index is 681. The number of benzene rings is 2. The molecule has 0 unspecified atom stereocenters. The van der Waals surface area contributed by atoms with Gasteiger partial charge in [-0.1, -0.05) is 30.3 Å². The van der Waals surface area contributed by atoms with Gasteiger partial charge in [-0.15, -0.1) is 0 Å². The molecule has 0 heterocycles. The van der Waals surface area contributed by atoms with Crippen molar-refractivity contribution < 1.29 is 5.11 Å². The molecule has 0 amide bonds. The van der Waals surface area contributed by atoms with Gasteiger partial charge in [0.25, 0.3) is 0 Å². The molecule has 3 rings (SSSR count). The quantitative estimate of drug-likeness (QED) is 0.805. The molecule has 0 saturated heterocycles. The van der Waals surface area contributed by atoms with E-state index in [4.69, 9.17) is 5.11 Å². The molecule has 0 radical (unpaired) electrons. The number of hydrogen-bond donors (Lipinski definition) is 2. The molecule has 0 saturated carbocycles. The highest BCUT2D eigenvalue weighted by Crippen LogP contribution is 2.25. The van der Waals surface area contributed by atoms with Gasteiger partial charge in [-0.25, -0.2) is 0 Å². The second-order valence-electron chi connectivity index (χ2n) is 7.15. The van der Waals surface area contributed by atoms with E-state index in [1.54, 1.807) is 11.1 Å². The van der Waals surface area contributed by atoms with E-state index in [-0.39, 0.29) is 6.61 Å². The summed E-state index contributed by atoms with van der Waals surface area (Å²) in [6.45, 7) is 3.95. The summed E-state index contributed by atoms with van der Waals surface area (Å²) in [4.78, 5) is 2.06. The van der Waals surface area contributed by atoms with Crippen molar-refractivity contribution in [1.29, 1.82) is 0 Å². The summed E-state index contributed by atoms with van der Waals surface area (Å²) in [5, 5.41) is 12.7.